The molecular formula is C9H18O2. The average Bonchev–Trinajstić information content (AvgIpc) is 1.85. The lowest BCUT2D eigenvalue weighted by Crippen LogP contribution is -2.20. The molecule has 0 saturated heterocycles. The zero-order chi connectivity index (χ0) is 8.74. The molecule has 0 aromatic rings. The van der Waals surface area contributed by atoms with E-state index in [1.165, 1.54) is 0 Å². The summed E-state index contributed by atoms with van der Waals surface area (Å²) in [5.74, 6) is 0. The number of hydrogen-bond donors (Lipinski definition) is 0. The SMILES string of the molecule is C/C=C/COCOC(C)(C)C. The van der Waals surface area contributed by atoms with E-state index in [-0.39, 0.29) is 5.60 Å². The monoisotopic (exact) mass is 158 g/mol. The maximum Gasteiger partial charge on any atom is 0.147 e. The van der Waals surface area contributed by atoms with Crippen molar-refractivity contribution in [2.24, 2.45) is 0 Å². The second kappa shape index (κ2) is 5.33. The molecule has 0 unspecified atom stereocenters. The van der Waals surface area contributed by atoms with E-state index in [1.807, 2.05) is 39.8 Å². The molecule has 0 saturated carbocycles. The van der Waals surface area contributed by atoms with Crippen molar-refractivity contribution >= 4 is 0 Å². The summed E-state index contributed by atoms with van der Waals surface area (Å²) in [6.45, 7) is 8.98. The fourth-order valence-corrected chi connectivity index (χ4v) is 0.431. The third kappa shape index (κ3) is 9.66. The van der Waals surface area contributed by atoms with Crippen molar-refractivity contribution in [3.8, 4) is 0 Å². The van der Waals surface area contributed by atoms with E-state index >= 15 is 0 Å². The van der Waals surface area contributed by atoms with E-state index in [0.717, 1.165) is 0 Å². The van der Waals surface area contributed by atoms with E-state index in [1.54, 1.807) is 0 Å². The highest BCUT2D eigenvalue weighted by Crippen LogP contribution is 2.05. The van der Waals surface area contributed by atoms with Crippen LogP contribution in [0.1, 0.15) is 27.7 Å². The van der Waals surface area contributed by atoms with Crippen LogP contribution in [0.2, 0.25) is 0 Å². The molecule has 0 N–H and O–H groups in total. The van der Waals surface area contributed by atoms with Crippen LogP contribution in [0.25, 0.3) is 0 Å². The first-order valence-electron chi connectivity index (χ1n) is 3.89. The van der Waals surface area contributed by atoms with Crippen LogP contribution in [-0.4, -0.2) is 19.0 Å². The van der Waals surface area contributed by atoms with Gasteiger partial charge in [0.2, 0.25) is 0 Å². The Morgan fingerprint density at radius 1 is 1.27 bits per heavy atom. The van der Waals surface area contributed by atoms with E-state index in [0.29, 0.717) is 13.4 Å². The highest BCUT2D eigenvalue weighted by molar-refractivity contribution is 4.75. The normalized spacial score (nSPS) is 12.7. The number of ether oxygens (including phenoxy) is 2. The van der Waals surface area contributed by atoms with Gasteiger partial charge in [-0.05, 0) is 27.7 Å². The summed E-state index contributed by atoms with van der Waals surface area (Å²) in [6, 6.07) is 0. The molecule has 0 aliphatic heterocycles. The van der Waals surface area contributed by atoms with Crippen molar-refractivity contribution < 1.29 is 9.47 Å². The van der Waals surface area contributed by atoms with Crippen LogP contribution < -0.4 is 0 Å². The molecule has 0 aliphatic carbocycles. The first kappa shape index (κ1) is 10.7. The quantitative estimate of drug-likeness (QED) is 0.355. The van der Waals surface area contributed by atoms with Gasteiger partial charge in [0.25, 0.3) is 0 Å². The third-order valence-corrected chi connectivity index (χ3v) is 1.03. The van der Waals surface area contributed by atoms with E-state index in [9.17, 15) is 0 Å². The van der Waals surface area contributed by atoms with Gasteiger partial charge in [0, 0.05) is 0 Å². The summed E-state index contributed by atoms with van der Waals surface area (Å²) < 4.78 is 10.5. The minimum Gasteiger partial charge on any atom is -0.351 e. The molecule has 0 aliphatic rings. The van der Waals surface area contributed by atoms with Crippen LogP contribution >= 0.6 is 0 Å². The molecule has 0 aromatic carbocycles. The summed E-state index contributed by atoms with van der Waals surface area (Å²) in [6.07, 6.45) is 3.91. The zero-order valence-electron chi connectivity index (χ0n) is 7.89. The van der Waals surface area contributed by atoms with Gasteiger partial charge in [-0.25, -0.2) is 0 Å². The Morgan fingerprint density at radius 3 is 2.36 bits per heavy atom. The molecule has 2 nitrogen and oxygen atoms in total. The van der Waals surface area contributed by atoms with Crippen LogP contribution in [0, 0.1) is 0 Å². The van der Waals surface area contributed by atoms with Gasteiger partial charge in [-0.1, -0.05) is 12.2 Å². The van der Waals surface area contributed by atoms with Gasteiger partial charge in [0.1, 0.15) is 6.79 Å². The Labute approximate surface area is 69.2 Å². The molecule has 0 spiro atoms. The van der Waals surface area contributed by atoms with Crippen molar-refractivity contribution in [1.29, 1.82) is 0 Å². The molecule has 0 amide bonds. The van der Waals surface area contributed by atoms with Crippen molar-refractivity contribution in [2.75, 3.05) is 13.4 Å². The standard InChI is InChI=1S/C9H18O2/c1-5-6-7-10-8-11-9(2,3)4/h5-6H,7-8H2,1-4H3/b6-5+. The maximum absolute atomic E-state index is 5.32. The first-order valence-corrected chi connectivity index (χ1v) is 3.89. The van der Waals surface area contributed by atoms with Crippen molar-refractivity contribution in [2.45, 2.75) is 33.3 Å². The molecule has 0 heterocycles. The first-order chi connectivity index (χ1) is 5.06. The minimum atomic E-state index is -0.101. The van der Waals surface area contributed by atoms with Crippen LogP contribution in [0.4, 0.5) is 0 Å². The minimum absolute atomic E-state index is 0.101. The van der Waals surface area contributed by atoms with Gasteiger partial charge in [-0.15, -0.1) is 0 Å². The molecule has 0 fully saturated rings. The lowest BCUT2D eigenvalue weighted by molar-refractivity contribution is -0.113. The van der Waals surface area contributed by atoms with E-state index < -0.39 is 0 Å². The predicted molar refractivity (Wildman–Crippen MR) is 46.5 cm³/mol. The van der Waals surface area contributed by atoms with Gasteiger partial charge in [-0.3, -0.25) is 0 Å². The largest absolute Gasteiger partial charge is 0.351 e. The Morgan fingerprint density at radius 2 is 1.91 bits per heavy atom. The molecule has 11 heavy (non-hydrogen) atoms. The zero-order valence-corrected chi connectivity index (χ0v) is 7.89. The average molecular weight is 158 g/mol. The second-order valence-corrected chi connectivity index (χ2v) is 3.31. The topological polar surface area (TPSA) is 18.5 Å². The number of rotatable bonds is 4. The molecule has 2 heteroatoms. The van der Waals surface area contributed by atoms with E-state index in [4.69, 9.17) is 9.47 Å². The molecule has 0 rings (SSSR count). The molecule has 0 radical (unpaired) electrons. The Balaban J connectivity index is 3.15. The fourth-order valence-electron chi connectivity index (χ4n) is 0.431. The maximum atomic E-state index is 5.32. The fraction of sp³-hybridized carbons (Fsp3) is 0.778. The van der Waals surface area contributed by atoms with Crippen molar-refractivity contribution in [1.82, 2.24) is 0 Å². The summed E-state index contributed by atoms with van der Waals surface area (Å²) in [5.41, 5.74) is -0.101. The second-order valence-electron chi connectivity index (χ2n) is 3.31. The Kier molecular flexibility index (Phi) is 5.16. The van der Waals surface area contributed by atoms with Crippen LogP contribution in [0.5, 0.6) is 0 Å². The molecule has 0 bridgehead atoms. The van der Waals surface area contributed by atoms with Crippen molar-refractivity contribution in [3.63, 3.8) is 0 Å². The molecule has 0 aromatic heterocycles. The summed E-state index contributed by atoms with van der Waals surface area (Å²) in [5, 5.41) is 0. The Hall–Kier alpha value is -0.340. The third-order valence-electron chi connectivity index (χ3n) is 1.03. The van der Waals surface area contributed by atoms with Gasteiger partial charge in [0.15, 0.2) is 0 Å². The van der Waals surface area contributed by atoms with Gasteiger partial charge < -0.3 is 9.47 Å². The highest BCUT2D eigenvalue weighted by atomic mass is 16.7. The van der Waals surface area contributed by atoms with Gasteiger partial charge in [0.05, 0.1) is 12.2 Å². The molecule has 66 valence electrons. The number of hydrogen-bond acceptors (Lipinski definition) is 2. The number of allylic oxidation sites excluding steroid dienone is 1. The van der Waals surface area contributed by atoms with Gasteiger partial charge >= 0.3 is 0 Å². The van der Waals surface area contributed by atoms with Crippen molar-refractivity contribution in [3.05, 3.63) is 12.2 Å². The molecule has 0 atom stereocenters. The lowest BCUT2D eigenvalue weighted by atomic mass is 10.2. The Bertz CT molecular complexity index is 111. The van der Waals surface area contributed by atoms with Crippen LogP contribution in [0.15, 0.2) is 12.2 Å². The van der Waals surface area contributed by atoms with Crippen LogP contribution in [0.3, 0.4) is 0 Å². The molecular weight excluding hydrogens is 140 g/mol. The summed E-state index contributed by atoms with van der Waals surface area (Å²) in [4.78, 5) is 0. The summed E-state index contributed by atoms with van der Waals surface area (Å²) in [7, 11) is 0. The highest BCUT2D eigenvalue weighted by Gasteiger charge is 2.08. The summed E-state index contributed by atoms with van der Waals surface area (Å²) >= 11 is 0. The predicted octanol–water partition coefficient (Wildman–Crippen LogP) is 2.35. The lowest BCUT2D eigenvalue weighted by Gasteiger charge is -2.18. The van der Waals surface area contributed by atoms with E-state index in [2.05, 4.69) is 0 Å². The van der Waals surface area contributed by atoms with Crippen LogP contribution in [-0.2, 0) is 9.47 Å². The smallest absolute Gasteiger partial charge is 0.147 e. The van der Waals surface area contributed by atoms with Gasteiger partial charge in [-0.2, -0.15) is 0 Å².